The lowest BCUT2D eigenvalue weighted by atomic mass is 9.91. The lowest BCUT2D eigenvalue weighted by Crippen LogP contribution is -2.33. The summed E-state index contributed by atoms with van der Waals surface area (Å²) >= 11 is 3.50. The summed E-state index contributed by atoms with van der Waals surface area (Å²) in [5.41, 5.74) is 1.37. The predicted molar refractivity (Wildman–Crippen MR) is 79.3 cm³/mol. The van der Waals surface area contributed by atoms with E-state index in [2.05, 4.69) is 43.2 Å². The molecule has 2 aromatic heterocycles. The molecule has 0 radical (unpaired) electrons. The molecule has 1 aliphatic heterocycles. The average molecular weight is 321 g/mol. The fourth-order valence-corrected chi connectivity index (χ4v) is 2.98. The Morgan fingerprint density at radius 3 is 2.74 bits per heavy atom. The van der Waals surface area contributed by atoms with Crippen LogP contribution in [0.2, 0.25) is 0 Å². The fourth-order valence-electron chi connectivity index (χ4n) is 2.66. The summed E-state index contributed by atoms with van der Waals surface area (Å²) < 4.78 is 2.98. The van der Waals surface area contributed by atoms with Crippen LogP contribution < -0.4 is 4.90 Å². The molecule has 1 aliphatic rings. The third-order valence-electron chi connectivity index (χ3n) is 3.72. The zero-order valence-electron chi connectivity index (χ0n) is 11.0. The summed E-state index contributed by atoms with van der Waals surface area (Å²) in [4.78, 5) is 6.80. The van der Waals surface area contributed by atoms with Crippen molar-refractivity contribution in [1.29, 1.82) is 0 Å². The molecule has 0 saturated carbocycles. The molecule has 1 saturated heterocycles. The van der Waals surface area contributed by atoms with Crippen molar-refractivity contribution in [3.8, 4) is 0 Å². The summed E-state index contributed by atoms with van der Waals surface area (Å²) in [5, 5.41) is 4.27. The van der Waals surface area contributed by atoms with Crippen LogP contribution in [0.3, 0.4) is 0 Å². The minimum atomic E-state index is 0.636. The van der Waals surface area contributed by atoms with Gasteiger partial charge in [-0.05, 0) is 36.5 Å². The van der Waals surface area contributed by atoms with Gasteiger partial charge < -0.3 is 4.90 Å². The molecule has 0 N–H and O–H groups in total. The Balaban J connectivity index is 1.66. The maximum atomic E-state index is 4.44. The number of aromatic nitrogens is 3. The van der Waals surface area contributed by atoms with Crippen LogP contribution in [0.4, 0.5) is 5.82 Å². The largest absolute Gasteiger partial charge is 0.357 e. The standard InChI is InChI=1S/C14H17BrN4/c1-18-10-12(9-17-18)11-3-6-19(7-4-11)14-8-13(15)2-5-16-14/h2,5,8-11H,3-4,6-7H2,1H3. The molecule has 0 atom stereocenters. The maximum Gasteiger partial charge on any atom is 0.129 e. The monoisotopic (exact) mass is 320 g/mol. The molecular weight excluding hydrogens is 304 g/mol. The smallest absolute Gasteiger partial charge is 0.129 e. The molecule has 0 bridgehead atoms. The number of hydrogen-bond acceptors (Lipinski definition) is 3. The van der Waals surface area contributed by atoms with E-state index in [0.29, 0.717) is 5.92 Å². The second-order valence-corrected chi connectivity index (χ2v) is 5.96. The maximum absolute atomic E-state index is 4.44. The molecule has 0 aliphatic carbocycles. The van der Waals surface area contributed by atoms with Gasteiger partial charge in [0.05, 0.1) is 6.20 Å². The first-order chi connectivity index (χ1) is 9.22. The molecule has 2 aromatic rings. The van der Waals surface area contributed by atoms with Gasteiger partial charge in [0.2, 0.25) is 0 Å². The highest BCUT2D eigenvalue weighted by Crippen LogP contribution is 2.30. The van der Waals surface area contributed by atoms with Crippen molar-refractivity contribution < 1.29 is 0 Å². The van der Waals surface area contributed by atoms with E-state index in [-0.39, 0.29) is 0 Å². The van der Waals surface area contributed by atoms with Crippen molar-refractivity contribution in [2.75, 3.05) is 18.0 Å². The molecular formula is C14H17BrN4. The van der Waals surface area contributed by atoms with Crippen LogP contribution in [-0.2, 0) is 7.05 Å². The number of nitrogens with zero attached hydrogens (tertiary/aromatic N) is 4. The number of piperidine rings is 1. The van der Waals surface area contributed by atoms with Crippen molar-refractivity contribution >= 4 is 21.7 Å². The number of anilines is 1. The van der Waals surface area contributed by atoms with Crippen molar-refractivity contribution in [2.45, 2.75) is 18.8 Å². The van der Waals surface area contributed by atoms with Crippen LogP contribution in [0, 0.1) is 0 Å². The van der Waals surface area contributed by atoms with Crippen molar-refractivity contribution in [3.63, 3.8) is 0 Å². The summed E-state index contributed by atoms with van der Waals surface area (Å²) in [5.74, 6) is 1.70. The molecule has 0 aromatic carbocycles. The highest BCUT2D eigenvalue weighted by atomic mass is 79.9. The Hall–Kier alpha value is -1.36. The van der Waals surface area contributed by atoms with Gasteiger partial charge in [0.1, 0.15) is 5.82 Å². The highest BCUT2D eigenvalue weighted by Gasteiger charge is 2.22. The van der Waals surface area contributed by atoms with Gasteiger partial charge in [-0.15, -0.1) is 0 Å². The van der Waals surface area contributed by atoms with Crippen LogP contribution in [0.15, 0.2) is 35.2 Å². The number of rotatable bonds is 2. The first-order valence-corrected chi connectivity index (χ1v) is 7.37. The predicted octanol–water partition coefficient (Wildman–Crippen LogP) is 2.96. The van der Waals surface area contributed by atoms with Gasteiger partial charge in [-0.25, -0.2) is 4.98 Å². The van der Waals surface area contributed by atoms with Crippen molar-refractivity contribution in [1.82, 2.24) is 14.8 Å². The molecule has 4 nitrogen and oxygen atoms in total. The molecule has 0 spiro atoms. The molecule has 0 amide bonds. The van der Waals surface area contributed by atoms with E-state index in [0.717, 1.165) is 23.4 Å². The van der Waals surface area contributed by atoms with Crippen LogP contribution in [0.5, 0.6) is 0 Å². The summed E-state index contributed by atoms with van der Waals surface area (Å²) in [7, 11) is 1.98. The second-order valence-electron chi connectivity index (χ2n) is 5.04. The lowest BCUT2D eigenvalue weighted by Gasteiger charge is -2.32. The summed E-state index contributed by atoms with van der Waals surface area (Å²) in [6.45, 7) is 2.12. The van der Waals surface area contributed by atoms with E-state index < -0.39 is 0 Å². The van der Waals surface area contributed by atoms with E-state index in [9.17, 15) is 0 Å². The van der Waals surface area contributed by atoms with Gasteiger partial charge in [0.15, 0.2) is 0 Å². The van der Waals surface area contributed by atoms with Crippen LogP contribution >= 0.6 is 15.9 Å². The van der Waals surface area contributed by atoms with Crippen LogP contribution in [0.25, 0.3) is 0 Å². The van der Waals surface area contributed by atoms with E-state index >= 15 is 0 Å². The SMILES string of the molecule is Cn1cc(C2CCN(c3cc(Br)ccn3)CC2)cn1. The van der Waals surface area contributed by atoms with E-state index in [1.54, 1.807) is 0 Å². The number of halogens is 1. The number of hydrogen-bond donors (Lipinski definition) is 0. The first-order valence-electron chi connectivity index (χ1n) is 6.57. The second kappa shape index (κ2) is 5.33. The minimum Gasteiger partial charge on any atom is -0.357 e. The Labute approximate surface area is 121 Å². The van der Waals surface area contributed by atoms with E-state index in [1.807, 2.05) is 30.2 Å². The van der Waals surface area contributed by atoms with Gasteiger partial charge in [-0.1, -0.05) is 15.9 Å². The van der Waals surface area contributed by atoms with E-state index in [4.69, 9.17) is 0 Å². The normalized spacial score (nSPS) is 16.8. The Morgan fingerprint density at radius 1 is 1.32 bits per heavy atom. The van der Waals surface area contributed by atoms with Gasteiger partial charge in [0, 0.05) is 37.0 Å². The number of pyridine rings is 1. The molecule has 3 rings (SSSR count). The Morgan fingerprint density at radius 2 is 2.11 bits per heavy atom. The average Bonchev–Trinajstić information content (AvgIpc) is 2.86. The van der Waals surface area contributed by atoms with Gasteiger partial charge in [-0.2, -0.15) is 5.10 Å². The van der Waals surface area contributed by atoms with Crippen molar-refractivity contribution in [2.24, 2.45) is 7.05 Å². The summed E-state index contributed by atoms with van der Waals surface area (Å²) in [6, 6.07) is 4.05. The van der Waals surface area contributed by atoms with Crippen LogP contribution in [0.1, 0.15) is 24.3 Å². The van der Waals surface area contributed by atoms with Crippen LogP contribution in [-0.4, -0.2) is 27.9 Å². The number of aryl methyl sites for hydroxylation is 1. The third-order valence-corrected chi connectivity index (χ3v) is 4.22. The molecule has 19 heavy (non-hydrogen) atoms. The Kier molecular flexibility index (Phi) is 3.55. The quantitative estimate of drug-likeness (QED) is 0.853. The molecule has 5 heteroatoms. The zero-order valence-corrected chi connectivity index (χ0v) is 12.5. The first kappa shape index (κ1) is 12.7. The fraction of sp³-hybridized carbons (Fsp3) is 0.429. The van der Waals surface area contributed by atoms with Gasteiger partial charge in [0.25, 0.3) is 0 Å². The van der Waals surface area contributed by atoms with Gasteiger partial charge >= 0.3 is 0 Å². The molecule has 0 unspecified atom stereocenters. The molecule has 1 fully saturated rings. The Bertz CT molecular complexity index is 558. The zero-order chi connectivity index (χ0) is 13.2. The third kappa shape index (κ3) is 2.81. The van der Waals surface area contributed by atoms with Crippen molar-refractivity contribution in [3.05, 3.63) is 40.8 Å². The summed E-state index contributed by atoms with van der Waals surface area (Å²) in [6.07, 6.45) is 8.32. The molecule has 3 heterocycles. The van der Waals surface area contributed by atoms with Gasteiger partial charge in [-0.3, -0.25) is 4.68 Å². The molecule has 100 valence electrons. The minimum absolute atomic E-state index is 0.636. The van der Waals surface area contributed by atoms with E-state index in [1.165, 1.54) is 18.4 Å². The topological polar surface area (TPSA) is 34.0 Å². The lowest BCUT2D eigenvalue weighted by molar-refractivity contribution is 0.502. The highest BCUT2D eigenvalue weighted by molar-refractivity contribution is 9.10.